The number of aromatic amines is 1. The first-order chi connectivity index (χ1) is 13.6. The molecule has 2 aliphatic rings. The normalized spacial score (nSPS) is 21.4. The molecule has 2 N–H and O–H groups in total. The van der Waals surface area contributed by atoms with Crippen LogP contribution in [-0.2, 0) is 16.0 Å². The maximum Gasteiger partial charge on any atom is 0.276 e. The van der Waals surface area contributed by atoms with Gasteiger partial charge in [-0.2, -0.15) is 0 Å². The van der Waals surface area contributed by atoms with Crippen molar-refractivity contribution in [3.8, 4) is 0 Å². The number of aryl methyl sites for hydroxylation is 1. The number of nitrogens with zero attached hydrogens (tertiary/aromatic N) is 4. The molecule has 28 heavy (non-hydrogen) atoms. The zero-order valence-electron chi connectivity index (χ0n) is 16.3. The molecule has 2 aliphatic heterocycles. The number of carbonyl (C=O) groups excluding carboxylic acids is 1. The average molecular weight is 388 g/mol. The van der Waals surface area contributed by atoms with Gasteiger partial charge >= 0.3 is 0 Å². The minimum absolute atomic E-state index is 0.0594. The zero-order valence-corrected chi connectivity index (χ0v) is 16.3. The molecule has 2 aromatic heterocycles. The number of ether oxygens (including phenoxy) is 1. The van der Waals surface area contributed by atoms with Crippen molar-refractivity contribution >= 4 is 11.6 Å². The lowest BCUT2D eigenvalue weighted by Crippen LogP contribution is -2.42. The first kappa shape index (κ1) is 19.1. The molecule has 152 valence electrons. The van der Waals surface area contributed by atoms with E-state index < -0.39 is 0 Å². The maximum atomic E-state index is 12.6. The number of hydrogen-bond acceptors (Lipinski definition) is 6. The summed E-state index contributed by atoms with van der Waals surface area (Å²) < 4.78 is 6.76. The third kappa shape index (κ3) is 4.26. The number of amides is 1. The summed E-state index contributed by atoms with van der Waals surface area (Å²) in [6, 6.07) is 1.88. The van der Waals surface area contributed by atoms with E-state index in [1.165, 1.54) is 4.52 Å². The Morgan fingerprint density at radius 2 is 2.07 bits per heavy atom. The summed E-state index contributed by atoms with van der Waals surface area (Å²) in [6.45, 7) is 9.34. The molecular formula is C19H28N6O3. The van der Waals surface area contributed by atoms with Crippen molar-refractivity contribution in [2.75, 3.05) is 52.5 Å². The Hall–Kier alpha value is -2.23. The van der Waals surface area contributed by atoms with E-state index in [9.17, 15) is 9.59 Å². The Morgan fingerprint density at radius 1 is 1.29 bits per heavy atom. The van der Waals surface area contributed by atoms with E-state index in [2.05, 4.69) is 25.2 Å². The van der Waals surface area contributed by atoms with E-state index in [1.807, 2.05) is 0 Å². The van der Waals surface area contributed by atoms with Gasteiger partial charge in [0, 0.05) is 68.8 Å². The molecule has 1 atom stereocenters. The molecule has 0 saturated carbocycles. The number of nitrogens with one attached hydrogen (secondary N) is 2. The van der Waals surface area contributed by atoms with Crippen LogP contribution in [0.2, 0.25) is 0 Å². The molecule has 0 aliphatic carbocycles. The third-order valence-corrected chi connectivity index (χ3v) is 5.66. The quantitative estimate of drug-likeness (QED) is 0.686. The highest BCUT2D eigenvalue weighted by atomic mass is 16.5. The van der Waals surface area contributed by atoms with Crippen molar-refractivity contribution in [3.05, 3.63) is 33.9 Å². The highest BCUT2D eigenvalue weighted by molar-refractivity contribution is 5.79. The molecule has 2 saturated heterocycles. The molecule has 2 aromatic rings. The SMILES string of the molecule is Cc1nc2cc[nH]n2c(=O)c1CC(=O)NC1CCN(CCN2CCOCC2)C1. The number of fused-ring (bicyclic) bond motifs is 1. The topological polar surface area (TPSA) is 95.0 Å². The number of likely N-dealkylation sites (tertiary alicyclic amines) is 1. The van der Waals surface area contributed by atoms with Gasteiger partial charge < -0.3 is 10.1 Å². The van der Waals surface area contributed by atoms with Gasteiger partial charge in [-0.15, -0.1) is 0 Å². The molecule has 2 fully saturated rings. The van der Waals surface area contributed by atoms with Crippen molar-refractivity contribution in [1.82, 2.24) is 29.7 Å². The summed E-state index contributed by atoms with van der Waals surface area (Å²) in [5, 5.41) is 5.93. The molecule has 0 aromatic carbocycles. The van der Waals surface area contributed by atoms with Gasteiger partial charge in [0.05, 0.1) is 19.6 Å². The lowest BCUT2D eigenvalue weighted by atomic mass is 10.1. The van der Waals surface area contributed by atoms with Crippen LogP contribution >= 0.6 is 0 Å². The molecule has 4 heterocycles. The Labute approximate surface area is 163 Å². The molecule has 4 rings (SSSR count). The van der Waals surface area contributed by atoms with Crippen LogP contribution in [0.1, 0.15) is 17.7 Å². The molecule has 1 amide bonds. The molecule has 9 nitrogen and oxygen atoms in total. The Bertz CT molecular complexity index is 885. The Morgan fingerprint density at radius 3 is 2.89 bits per heavy atom. The van der Waals surface area contributed by atoms with Gasteiger partial charge in [-0.05, 0) is 13.3 Å². The summed E-state index contributed by atoms with van der Waals surface area (Å²) >= 11 is 0. The van der Waals surface area contributed by atoms with Gasteiger partial charge in [0.25, 0.3) is 5.56 Å². The van der Waals surface area contributed by atoms with Crippen LogP contribution < -0.4 is 10.9 Å². The smallest absolute Gasteiger partial charge is 0.276 e. The van der Waals surface area contributed by atoms with Crippen LogP contribution in [0.25, 0.3) is 5.65 Å². The van der Waals surface area contributed by atoms with Crippen molar-refractivity contribution in [2.24, 2.45) is 0 Å². The van der Waals surface area contributed by atoms with E-state index in [0.717, 1.165) is 58.9 Å². The monoisotopic (exact) mass is 388 g/mol. The second-order valence-electron chi connectivity index (χ2n) is 7.62. The van der Waals surface area contributed by atoms with Crippen molar-refractivity contribution < 1.29 is 9.53 Å². The van der Waals surface area contributed by atoms with E-state index in [0.29, 0.717) is 16.9 Å². The van der Waals surface area contributed by atoms with E-state index in [4.69, 9.17) is 4.74 Å². The zero-order chi connectivity index (χ0) is 19.5. The van der Waals surface area contributed by atoms with Crippen LogP contribution in [-0.4, -0.2) is 88.8 Å². The lowest BCUT2D eigenvalue weighted by Gasteiger charge is -2.28. The average Bonchev–Trinajstić information content (AvgIpc) is 3.33. The lowest BCUT2D eigenvalue weighted by molar-refractivity contribution is -0.121. The molecule has 1 unspecified atom stereocenters. The highest BCUT2D eigenvalue weighted by Gasteiger charge is 2.25. The van der Waals surface area contributed by atoms with Gasteiger partial charge in [-0.3, -0.25) is 24.5 Å². The highest BCUT2D eigenvalue weighted by Crippen LogP contribution is 2.10. The standard InChI is InChI=1S/C19H28N6O3/c1-14-16(19(27)25-17(21-14)2-4-20-25)12-18(26)22-15-3-5-24(13-15)7-6-23-8-10-28-11-9-23/h2,4,15,20H,3,5-13H2,1H3,(H,22,26). The third-order valence-electron chi connectivity index (χ3n) is 5.66. The number of rotatable bonds is 6. The summed E-state index contributed by atoms with van der Waals surface area (Å²) in [7, 11) is 0. The van der Waals surface area contributed by atoms with Crippen LogP contribution in [0, 0.1) is 6.92 Å². The first-order valence-electron chi connectivity index (χ1n) is 9.97. The number of carbonyl (C=O) groups is 1. The van der Waals surface area contributed by atoms with Gasteiger partial charge in [-0.1, -0.05) is 0 Å². The maximum absolute atomic E-state index is 12.6. The Kier molecular flexibility index (Phi) is 5.74. The second kappa shape index (κ2) is 8.42. The van der Waals surface area contributed by atoms with E-state index in [-0.39, 0.29) is 23.9 Å². The molecule has 9 heteroatoms. The molecule has 0 spiro atoms. The van der Waals surface area contributed by atoms with Gasteiger partial charge in [0.15, 0.2) is 5.65 Å². The number of morpholine rings is 1. The van der Waals surface area contributed by atoms with Gasteiger partial charge in [0.2, 0.25) is 5.91 Å². The first-order valence-corrected chi connectivity index (χ1v) is 9.97. The summed E-state index contributed by atoms with van der Waals surface area (Å²) in [5.41, 5.74) is 1.41. The predicted octanol–water partition coefficient (Wildman–Crippen LogP) is -0.604. The molecular weight excluding hydrogens is 360 g/mol. The van der Waals surface area contributed by atoms with E-state index >= 15 is 0 Å². The largest absolute Gasteiger partial charge is 0.379 e. The summed E-state index contributed by atoms with van der Waals surface area (Å²) in [4.78, 5) is 34.3. The minimum Gasteiger partial charge on any atom is -0.379 e. The summed E-state index contributed by atoms with van der Waals surface area (Å²) in [6.07, 6.45) is 2.67. The fourth-order valence-corrected chi connectivity index (χ4v) is 4.01. The predicted molar refractivity (Wildman–Crippen MR) is 105 cm³/mol. The van der Waals surface area contributed by atoms with Crippen LogP contribution in [0.3, 0.4) is 0 Å². The van der Waals surface area contributed by atoms with Gasteiger partial charge in [-0.25, -0.2) is 9.50 Å². The number of hydrogen-bond donors (Lipinski definition) is 2. The minimum atomic E-state index is -0.207. The van der Waals surface area contributed by atoms with E-state index in [1.54, 1.807) is 19.2 Å². The summed E-state index contributed by atoms with van der Waals surface area (Å²) in [5.74, 6) is -0.117. The van der Waals surface area contributed by atoms with Crippen molar-refractivity contribution in [2.45, 2.75) is 25.8 Å². The second-order valence-corrected chi connectivity index (χ2v) is 7.62. The molecule has 0 radical (unpaired) electrons. The van der Waals surface area contributed by atoms with Crippen LogP contribution in [0.4, 0.5) is 0 Å². The number of aromatic nitrogens is 3. The number of H-pyrrole nitrogens is 1. The fraction of sp³-hybridized carbons (Fsp3) is 0.632. The Balaban J connectivity index is 1.28. The van der Waals surface area contributed by atoms with Crippen LogP contribution in [0.15, 0.2) is 17.1 Å². The van der Waals surface area contributed by atoms with Crippen LogP contribution in [0.5, 0.6) is 0 Å². The van der Waals surface area contributed by atoms with Crippen molar-refractivity contribution in [3.63, 3.8) is 0 Å². The van der Waals surface area contributed by atoms with Gasteiger partial charge in [0.1, 0.15) is 0 Å². The molecule has 0 bridgehead atoms. The fourth-order valence-electron chi connectivity index (χ4n) is 4.01. The van der Waals surface area contributed by atoms with Crippen molar-refractivity contribution in [1.29, 1.82) is 0 Å².